The maximum absolute atomic E-state index is 5.95. The first-order valence-corrected chi connectivity index (χ1v) is 8.29. The van der Waals surface area contributed by atoms with Crippen molar-refractivity contribution in [3.05, 3.63) is 17.3 Å². The fraction of sp³-hybridized carbons (Fsp3) is 0.600. The molecule has 108 valence electrons. The largest absolute Gasteiger partial charge is 0.352 e. The summed E-state index contributed by atoms with van der Waals surface area (Å²) in [4.78, 5) is 11.5. The van der Waals surface area contributed by atoms with E-state index in [1.54, 1.807) is 17.7 Å². The molecular weight excluding hydrogens is 268 g/mol. The number of hydrogen-bond donors (Lipinski definition) is 1. The van der Waals surface area contributed by atoms with Crippen LogP contribution in [0.3, 0.4) is 0 Å². The highest BCUT2D eigenvalue weighted by Gasteiger charge is 2.32. The monoisotopic (exact) mass is 290 g/mol. The highest BCUT2D eigenvalue weighted by molar-refractivity contribution is 7.18. The highest BCUT2D eigenvalue weighted by atomic mass is 32.1. The molecule has 1 saturated carbocycles. The van der Waals surface area contributed by atoms with Crippen LogP contribution in [0.1, 0.15) is 31.7 Å². The van der Waals surface area contributed by atoms with Gasteiger partial charge in [0.15, 0.2) is 0 Å². The van der Waals surface area contributed by atoms with Crippen LogP contribution in [0, 0.1) is 12.8 Å². The van der Waals surface area contributed by atoms with E-state index in [9.17, 15) is 0 Å². The minimum absolute atomic E-state index is 0.533. The molecule has 2 unspecified atom stereocenters. The summed E-state index contributed by atoms with van der Waals surface area (Å²) in [7, 11) is 0. The number of nitrogens with two attached hydrogens (primary N) is 1. The molecule has 1 aliphatic carbocycles. The molecule has 2 aromatic heterocycles. The van der Waals surface area contributed by atoms with Gasteiger partial charge in [0.1, 0.15) is 12.1 Å². The minimum atomic E-state index is 0.533. The topological polar surface area (TPSA) is 55.0 Å². The third-order valence-electron chi connectivity index (χ3n) is 4.45. The standard InChI is InChI=1S/C15H22N4S/c1-3-19(12-6-4-5-11(12)7-16)15-14-13(17-9-18-15)10(2)8-20-14/h8-9,11-12H,3-7,16H2,1-2H3. The third-order valence-corrected chi connectivity index (χ3v) is 5.53. The first-order valence-electron chi connectivity index (χ1n) is 7.41. The number of anilines is 1. The molecule has 2 aromatic rings. The number of rotatable bonds is 4. The summed E-state index contributed by atoms with van der Waals surface area (Å²) in [6.07, 6.45) is 5.45. The lowest BCUT2D eigenvalue weighted by Crippen LogP contribution is -2.41. The molecule has 5 heteroatoms. The fourth-order valence-electron chi connectivity index (χ4n) is 3.41. The number of aromatic nitrogens is 2. The van der Waals surface area contributed by atoms with Crippen molar-refractivity contribution >= 4 is 27.4 Å². The van der Waals surface area contributed by atoms with Crippen molar-refractivity contribution in [2.24, 2.45) is 11.7 Å². The van der Waals surface area contributed by atoms with Crippen molar-refractivity contribution < 1.29 is 0 Å². The van der Waals surface area contributed by atoms with Gasteiger partial charge in [0, 0.05) is 12.6 Å². The first-order chi connectivity index (χ1) is 9.76. The van der Waals surface area contributed by atoms with Crippen LogP contribution in [-0.2, 0) is 0 Å². The van der Waals surface area contributed by atoms with Crippen LogP contribution in [0.2, 0.25) is 0 Å². The molecule has 1 fully saturated rings. The Morgan fingerprint density at radius 1 is 1.40 bits per heavy atom. The van der Waals surface area contributed by atoms with E-state index >= 15 is 0 Å². The Bertz CT molecular complexity index is 595. The molecule has 0 radical (unpaired) electrons. The lowest BCUT2D eigenvalue weighted by atomic mass is 10.0. The van der Waals surface area contributed by atoms with Crippen molar-refractivity contribution in [3.63, 3.8) is 0 Å². The summed E-state index contributed by atoms with van der Waals surface area (Å²) in [6, 6.07) is 0.533. The molecule has 0 aromatic carbocycles. The molecule has 0 amide bonds. The molecule has 0 bridgehead atoms. The molecule has 2 heterocycles. The molecule has 2 N–H and O–H groups in total. The molecule has 0 saturated heterocycles. The molecule has 4 nitrogen and oxygen atoms in total. The van der Waals surface area contributed by atoms with Gasteiger partial charge in [0.2, 0.25) is 0 Å². The maximum atomic E-state index is 5.95. The number of thiophene rings is 1. The van der Waals surface area contributed by atoms with Crippen molar-refractivity contribution in [3.8, 4) is 0 Å². The van der Waals surface area contributed by atoms with Gasteiger partial charge in [-0.1, -0.05) is 6.42 Å². The van der Waals surface area contributed by atoms with Crippen LogP contribution >= 0.6 is 11.3 Å². The van der Waals surface area contributed by atoms with Crippen molar-refractivity contribution in [1.29, 1.82) is 0 Å². The van der Waals surface area contributed by atoms with Gasteiger partial charge in [-0.05, 0) is 50.1 Å². The lowest BCUT2D eigenvalue weighted by molar-refractivity contribution is 0.460. The summed E-state index contributed by atoms with van der Waals surface area (Å²) >= 11 is 1.75. The molecule has 0 aliphatic heterocycles. The van der Waals surface area contributed by atoms with Gasteiger partial charge in [-0.25, -0.2) is 9.97 Å². The number of fused-ring (bicyclic) bond motifs is 1. The van der Waals surface area contributed by atoms with E-state index in [-0.39, 0.29) is 0 Å². The summed E-state index contributed by atoms with van der Waals surface area (Å²) in [6.45, 7) is 6.08. The number of nitrogens with zero attached hydrogens (tertiary/aromatic N) is 3. The first kappa shape index (κ1) is 13.8. The summed E-state index contributed by atoms with van der Waals surface area (Å²) in [5.41, 5.74) is 8.29. The van der Waals surface area contributed by atoms with Crippen LogP contribution in [0.15, 0.2) is 11.7 Å². The van der Waals surface area contributed by atoms with Gasteiger partial charge in [0.05, 0.1) is 10.2 Å². The van der Waals surface area contributed by atoms with E-state index in [1.165, 1.54) is 29.5 Å². The molecule has 0 spiro atoms. The van der Waals surface area contributed by atoms with E-state index < -0.39 is 0 Å². The van der Waals surface area contributed by atoms with Gasteiger partial charge in [-0.2, -0.15) is 0 Å². The van der Waals surface area contributed by atoms with Gasteiger partial charge < -0.3 is 10.6 Å². The zero-order valence-corrected chi connectivity index (χ0v) is 13.0. The van der Waals surface area contributed by atoms with Gasteiger partial charge in [0.25, 0.3) is 0 Å². The quantitative estimate of drug-likeness (QED) is 0.940. The average molecular weight is 290 g/mol. The van der Waals surface area contributed by atoms with E-state index in [1.807, 2.05) is 0 Å². The van der Waals surface area contributed by atoms with Crippen molar-refractivity contribution in [2.45, 2.75) is 39.2 Å². The summed E-state index contributed by atoms with van der Waals surface area (Å²) in [5.74, 6) is 1.70. The van der Waals surface area contributed by atoms with Crippen LogP contribution in [0.4, 0.5) is 5.82 Å². The normalized spacial score (nSPS) is 22.6. The number of aryl methyl sites for hydroxylation is 1. The molecule has 2 atom stereocenters. The Morgan fingerprint density at radius 2 is 2.25 bits per heavy atom. The van der Waals surface area contributed by atoms with Crippen molar-refractivity contribution in [2.75, 3.05) is 18.0 Å². The predicted molar refractivity (Wildman–Crippen MR) is 85.4 cm³/mol. The average Bonchev–Trinajstić information content (AvgIpc) is 3.08. The Balaban J connectivity index is 2.03. The Morgan fingerprint density at radius 3 is 3.00 bits per heavy atom. The van der Waals surface area contributed by atoms with E-state index in [4.69, 9.17) is 5.73 Å². The van der Waals surface area contributed by atoms with Gasteiger partial charge in [-0.15, -0.1) is 11.3 Å². The summed E-state index contributed by atoms with van der Waals surface area (Å²) in [5, 5.41) is 2.17. The van der Waals surface area contributed by atoms with Crippen LogP contribution < -0.4 is 10.6 Å². The molecule has 1 aliphatic rings. The van der Waals surface area contributed by atoms with Crippen LogP contribution in [-0.4, -0.2) is 29.1 Å². The molecular formula is C15H22N4S. The van der Waals surface area contributed by atoms with Crippen LogP contribution in [0.5, 0.6) is 0 Å². The molecule has 20 heavy (non-hydrogen) atoms. The van der Waals surface area contributed by atoms with E-state index in [0.29, 0.717) is 12.0 Å². The van der Waals surface area contributed by atoms with Gasteiger partial charge >= 0.3 is 0 Å². The second kappa shape index (κ2) is 5.66. The van der Waals surface area contributed by atoms with Crippen molar-refractivity contribution in [1.82, 2.24) is 9.97 Å². The third kappa shape index (κ3) is 2.19. The smallest absolute Gasteiger partial charge is 0.150 e. The SMILES string of the molecule is CCN(c1ncnc2c(C)csc12)C1CCCC1CN. The second-order valence-corrected chi connectivity index (χ2v) is 6.45. The predicted octanol–water partition coefficient (Wildman–Crippen LogP) is 2.95. The van der Waals surface area contributed by atoms with E-state index in [0.717, 1.165) is 24.4 Å². The number of hydrogen-bond acceptors (Lipinski definition) is 5. The Kier molecular flexibility index (Phi) is 3.89. The summed E-state index contributed by atoms with van der Waals surface area (Å²) < 4.78 is 1.22. The second-order valence-electron chi connectivity index (χ2n) is 5.57. The fourth-order valence-corrected chi connectivity index (χ4v) is 4.41. The minimum Gasteiger partial charge on any atom is -0.352 e. The zero-order valence-electron chi connectivity index (χ0n) is 12.2. The molecule has 3 rings (SSSR count). The highest BCUT2D eigenvalue weighted by Crippen LogP contribution is 2.36. The van der Waals surface area contributed by atoms with E-state index in [2.05, 4.69) is 34.1 Å². The maximum Gasteiger partial charge on any atom is 0.150 e. The Labute approximate surface area is 124 Å². The zero-order chi connectivity index (χ0) is 14.1. The van der Waals surface area contributed by atoms with Gasteiger partial charge in [-0.3, -0.25) is 0 Å². The van der Waals surface area contributed by atoms with Crippen LogP contribution in [0.25, 0.3) is 10.2 Å². The Hall–Kier alpha value is -1.20. The lowest BCUT2D eigenvalue weighted by Gasteiger charge is -2.33.